The minimum Gasteiger partial charge on any atom is -0.316 e. The molecule has 6 nitrogen and oxygen atoms in total. The summed E-state index contributed by atoms with van der Waals surface area (Å²) >= 11 is 0. The average molecular weight is 336 g/mol. The lowest BCUT2D eigenvalue weighted by atomic mass is 10.1. The number of hydrogen-bond donors (Lipinski definition) is 0. The van der Waals surface area contributed by atoms with E-state index in [9.17, 15) is 8.42 Å². The van der Waals surface area contributed by atoms with Gasteiger partial charge in [0.25, 0.3) is 0 Å². The molecule has 23 heavy (non-hydrogen) atoms. The van der Waals surface area contributed by atoms with E-state index >= 15 is 0 Å². The summed E-state index contributed by atoms with van der Waals surface area (Å²) in [6.45, 7) is 3.27. The summed E-state index contributed by atoms with van der Waals surface area (Å²) in [6.07, 6.45) is 5.11. The third-order valence-electron chi connectivity index (χ3n) is 4.59. The number of hydrogen-bond acceptors (Lipinski definition) is 4. The lowest BCUT2D eigenvalue weighted by molar-refractivity contribution is 0.450. The van der Waals surface area contributed by atoms with E-state index in [0.717, 1.165) is 42.7 Å². The number of sulfonamides is 1. The van der Waals surface area contributed by atoms with Gasteiger partial charge >= 0.3 is 0 Å². The Balaban J connectivity index is 1.69. The Labute approximate surface area is 137 Å². The predicted octanol–water partition coefficient (Wildman–Crippen LogP) is 1.96. The molecule has 7 heteroatoms. The van der Waals surface area contributed by atoms with Crippen LogP contribution >= 0.6 is 0 Å². The number of rotatable bonds is 6. The predicted molar refractivity (Wildman–Crippen MR) is 90.6 cm³/mol. The molecule has 0 saturated carbocycles. The summed E-state index contributed by atoms with van der Waals surface area (Å²) in [5.74, 6) is 1.59. The van der Waals surface area contributed by atoms with Crippen LogP contribution < -0.4 is 0 Å². The molecule has 2 aromatic heterocycles. The third kappa shape index (κ3) is 3.40. The summed E-state index contributed by atoms with van der Waals surface area (Å²) < 4.78 is 28.3. The van der Waals surface area contributed by atoms with Crippen LogP contribution in [0.25, 0.3) is 11.2 Å². The molecule has 1 saturated heterocycles. The Morgan fingerprint density at radius 2 is 2.22 bits per heavy atom. The molecule has 0 aliphatic carbocycles. The lowest BCUT2D eigenvalue weighted by Gasteiger charge is -2.16. The summed E-state index contributed by atoms with van der Waals surface area (Å²) in [4.78, 5) is 9.00. The van der Waals surface area contributed by atoms with Gasteiger partial charge in [-0.3, -0.25) is 0 Å². The molecule has 0 spiro atoms. The van der Waals surface area contributed by atoms with E-state index in [1.807, 2.05) is 30.7 Å². The van der Waals surface area contributed by atoms with Gasteiger partial charge in [0.2, 0.25) is 10.0 Å². The van der Waals surface area contributed by atoms with Gasteiger partial charge in [-0.2, -0.15) is 0 Å². The first-order chi connectivity index (χ1) is 11.0. The molecule has 126 valence electrons. The number of pyridine rings is 1. The first kappa shape index (κ1) is 16.4. The Kier molecular flexibility index (Phi) is 4.68. The molecule has 1 fully saturated rings. The van der Waals surface area contributed by atoms with Gasteiger partial charge in [-0.1, -0.05) is 13.3 Å². The van der Waals surface area contributed by atoms with Crippen molar-refractivity contribution in [2.24, 2.45) is 13.0 Å². The molecule has 3 heterocycles. The minimum absolute atomic E-state index is 0.270. The Morgan fingerprint density at radius 1 is 1.39 bits per heavy atom. The molecule has 2 aromatic rings. The van der Waals surface area contributed by atoms with Crippen LogP contribution in [0.2, 0.25) is 0 Å². The molecule has 1 unspecified atom stereocenters. The fourth-order valence-corrected chi connectivity index (χ4v) is 4.92. The van der Waals surface area contributed by atoms with Crippen molar-refractivity contribution in [3.05, 3.63) is 24.2 Å². The molecule has 1 aliphatic rings. The number of nitrogens with zero attached hydrogens (tertiary/aromatic N) is 4. The SMILES string of the molecule is CCCCS(=O)(=O)N1CCC(Cc2nc3cccnc3n2C)C1. The average Bonchev–Trinajstić information content (AvgIpc) is 3.12. The summed E-state index contributed by atoms with van der Waals surface area (Å²) in [5.41, 5.74) is 1.78. The van der Waals surface area contributed by atoms with Gasteiger partial charge in [-0.05, 0) is 30.9 Å². The molecule has 0 amide bonds. The second-order valence-corrected chi connectivity index (χ2v) is 8.41. The van der Waals surface area contributed by atoms with Gasteiger partial charge < -0.3 is 4.57 Å². The van der Waals surface area contributed by atoms with Crippen molar-refractivity contribution in [3.63, 3.8) is 0 Å². The van der Waals surface area contributed by atoms with Crippen molar-refractivity contribution in [2.45, 2.75) is 32.6 Å². The molecule has 0 bridgehead atoms. The molecule has 0 aromatic carbocycles. The van der Waals surface area contributed by atoms with Crippen molar-refractivity contribution < 1.29 is 8.42 Å². The fourth-order valence-electron chi connectivity index (χ4n) is 3.18. The quantitative estimate of drug-likeness (QED) is 0.809. The molecule has 1 atom stereocenters. The van der Waals surface area contributed by atoms with Crippen LogP contribution in [0.5, 0.6) is 0 Å². The standard InChI is InChI=1S/C16H24N4O2S/c1-3-4-10-23(21,22)20-9-7-13(12-20)11-15-18-14-6-5-8-17-16(14)19(15)2/h5-6,8,13H,3-4,7,9-12H2,1-2H3. The van der Waals surface area contributed by atoms with Gasteiger partial charge in [-0.15, -0.1) is 0 Å². The lowest BCUT2D eigenvalue weighted by Crippen LogP contribution is -2.31. The Hall–Kier alpha value is -1.47. The van der Waals surface area contributed by atoms with Gasteiger partial charge in [0, 0.05) is 32.8 Å². The van der Waals surface area contributed by atoms with Crippen molar-refractivity contribution in [3.8, 4) is 0 Å². The zero-order valence-corrected chi connectivity index (χ0v) is 14.6. The number of imidazole rings is 1. The van der Waals surface area contributed by atoms with Gasteiger partial charge in [0.1, 0.15) is 11.3 Å². The van der Waals surface area contributed by atoms with E-state index < -0.39 is 10.0 Å². The van der Waals surface area contributed by atoms with E-state index in [0.29, 0.717) is 19.0 Å². The first-order valence-corrected chi connectivity index (χ1v) is 9.86. The van der Waals surface area contributed by atoms with Crippen molar-refractivity contribution in [2.75, 3.05) is 18.8 Å². The second kappa shape index (κ2) is 6.57. The highest BCUT2D eigenvalue weighted by Crippen LogP contribution is 2.24. The highest BCUT2D eigenvalue weighted by molar-refractivity contribution is 7.89. The van der Waals surface area contributed by atoms with Crippen molar-refractivity contribution in [1.82, 2.24) is 18.8 Å². The largest absolute Gasteiger partial charge is 0.316 e. The zero-order chi connectivity index (χ0) is 16.4. The normalized spacial score (nSPS) is 19.7. The van der Waals surface area contributed by atoms with E-state index in [1.165, 1.54) is 0 Å². The zero-order valence-electron chi connectivity index (χ0n) is 13.8. The topological polar surface area (TPSA) is 68.1 Å². The third-order valence-corrected chi connectivity index (χ3v) is 6.51. The van der Waals surface area contributed by atoms with E-state index in [2.05, 4.69) is 9.97 Å². The molecule has 1 aliphatic heterocycles. The number of fused-ring (bicyclic) bond motifs is 1. The summed E-state index contributed by atoms with van der Waals surface area (Å²) in [7, 11) is -1.11. The van der Waals surface area contributed by atoms with Crippen LogP contribution in [0.4, 0.5) is 0 Å². The molecule has 0 N–H and O–H groups in total. The Morgan fingerprint density at radius 3 is 2.96 bits per heavy atom. The number of aromatic nitrogens is 3. The van der Waals surface area contributed by atoms with E-state index in [4.69, 9.17) is 0 Å². The number of aryl methyl sites for hydroxylation is 1. The van der Waals surface area contributed by atoms with Crippen molar-refractivity contribution >= 4 is 21.2 Å². The fraction of sp³-hybridized carbons (Fsp3) is 0.625. The Bertz CT molecular complexity index is 784. The van der Waals surface area contributed by atoms with Crippen LogP contribution in [0.1, 0.15) is 32.0 Å². The van der Waals surface area contributed by atoms with Crippen LogP contribution in [0.15, 0.2) is 18.3 Å². The van der Waals surface area contributed by atoms with Crippen LogP contribution in [0, 0.1) is 5.92 Å². The molecule has 0 radical (unpaired) electrons. The summed E-state index contributed by atoms with van der Waals surface area (Å²) in [6, 6.07) is 3.85. The molecule has 3 rings (SSSR count). The second-order valence-electron chi connectivity index (χ2n) is 6.32. The first-order valence-electron chi connectivity index (χ1n) is 8.25. The van der Waals surface area contributed by atoms with E-state index in [-0.39, 0.29) is 5.75 Å². The smallest absolute Gasteiger partial charge is 0.214 e. The number of unbranched alkanes of at least 4 members (excludes halogenated alkanes) is 1. The van der Waals surface area contributed by atoms with Crippen LogP contribution in [0.3, 0.4) is 0 Å². The highest BCUT2D eigenvalue weighted by atomic mass is 32.2. The van der Waals surface area contributed by atoms with Crippen molar-refractivity contribution in [1.29, 1.82) is 0 Å². The maximum absolute atomic E-state index is 12.3. The highest BCUT2D eigenvalue weighted by Gasteiger charge is 2.31. The minimum atomic E-state index is -3.09. The van der Waals surface area contributed by atoms with Gasteiger partial charge in [0.05, 0.1) is 5.75 Å². The molecular formula is C16H24N4O2S. The summed E-state index contributed by atoms with van der Waals surface area (Å²) in [5, 5.41) is 0. The maximum atomic E-state index is 12.3. The van der Waals surface area contributed by atoms with Gasteiger partial charge in [-0.25, -0.2) is 22.7 Å². The van der Waals surface area contributed by atoms with Gasteiger partial charge in [0.15, 0.2) is 5.65 Å². The maximum Gasteiger partial charge on any atom is 0.214 e. The van der Waals surface area contributed by atoms with E-state index in [1.54, 1.807) is 10.5 Å². The van der Waals surface area contributed by atoms with Crippen LogP contribution in [-0.4, -0.2) is 46.1 Å². The van der Waals surface area contributed by atoms with Crippen LogP contribution in [-0.2, 0) is 23.5 Å². The monoisotopic (exact) mass is 336 g/mol. The molecular weight excluding hydrogens is 312 g/mol.